The Morgan fingerprint density at radius 3 is 2.88 bits per heavy atom. The van der Waals surface area contributed by atoms with Crippen LogP contribution >= 0.6 is 0 Å². The maximum absolute atomic E-state index is 5.04. The van der Waals surface area contributed by atoms with Crippen molar-refractivity contribution in [3.8, 4) is 0 Å². The van der Waals surface area contributed by atoms with Gasteiger partial charge in [0.2, 0.25) is 0 Å². The number of rotatable bonds is 8. The van der Waals surface area contributed by atoms with E-state index in [1.807, 2.05) is 11.7 Å². The molecule has 1 aromatic rings. The molecule has 0 aliphatic rings. The number of ether oxygens (including phenoxy) is 1. The van der Waals surface area contributed by atoms with Crippen molar-refractivity contribution < 1.29 is 4.74 Å². The quantitative estimate of drug-likeness (QED) is 0.672. The zero-order valence-corrected chi connectivity index (χ0v) is 10.5. The molecule has 0 unspecified atom stereocenters. The molecular weight excluding hydrogens is 204 g/mol. The van der Waals surface area contributed by atoms with Crippen LogP contribution in [0.1, 0.15) is 31.2 Å². The Labute approximate surface area is 97.2 Å². The molecule has 1 N–H and O–H groups in total. The number of aryl methyl sites for hydroxylation is 1. The number of aromatic nitrogens is 3. The zero-order chi connectivity index (χ0) is 11.8. The molecule has 0 spiro atoms. The van der Waals surface area contributed by atoms with Crippen molar-refractivity contribution in [2.75, 3.05) is 20.8 Å². The monoisotopic (exact) mass is 226 g/mol. The largest absolute Gasteiger partial charge is 0.385 e. The van der Waals surface area contributed by atoms with E-state index < -0.39 is 0 Å². The second kappa shape index (κ2) is 7.35. The number of nitrogens with one attached hydrogen (secondary N) is 1. The zero-order valence-electron chi connectivity index (χ0n) is 10.5. The fourth-order valence-electron chi connectivity index (χ4n) is 1.72. The maximum atomic E-state index is 5.04. The van der Waals surface area contributed by atoms with E-state index in [0.717, 1.165) is 44.7 Å². The molecule has 0 atom stereocenters. The second-order valence-corrected chi connectivity index (χ2v) is 3.83. The third-order valence-corrected chi connectivity index (χ3v) is 2.47. The Kier molecular flexibility index (Phi) is 6.03. The minimum atomic E-state index is 0.771. The lowest BCUT2D eigenvalue weighted by molar-refractivity contribution is 0.188. The van der Waals surface area contributed by atoms with Crippen LogP contribution in [0.3, 0.4) is 0 Å². The van der Waals surface area contributed by atoms with Crippen LogP contribution in [0, 0.1) is 0 Å². The van der Waals surface area contributed by atoms with Gasteiger partial charge in [-0.1, -0.05) is 18.6 Å². The van der Waals surface area contributed by atoms with Crippen molar-refractivity contribution >= 4 is 0 Å². The van der Waals surface area contributed by atoms with E-state index in [-0.39, 0.29) is 0 Å². The van der Waals surface area contributed by atoms with Crippen LogP contribution in [0.5, 0.6) is 0 Å². The Morgan fingerprint density at radius 2 is 2.25 bits per heavy atom. The summed E-state index contributed by atoms with van der Waals surface area (Å²) in [6.07, 6.45) is 3.14. The van der Waals surface area contributed by atoms with E-state index in [1.165, 1.54) is 5.69 Å². The number of hydrogen-bond donors (Lipinski definition) is 1. The first-order chi connectivity index (χ1) is 7.83. The molecule has 0 saturated carbocycles. The predicted molar refractivity (Wildman–Crippen MR) is 63.3 cm³/mol. The molecule has 0 bridgehead atoms. The third kappa shape index (κ3) is 3.57. The van der Waals surface area contributed by atoms with E-state index in [2.05, 4.69) is 22.6 Å². The number of hydrogen-bond acceptors (Lipinski definition) is 4. The fraction of sp³-hybridized carbons (Fsp3) is 0.818. The molecule has 0 saturated heterocycles. The fourth-order valence-corrected chi connectivity index (χ4v) is 1.72. The maximum Gasteiger partial charge on any atom is 0.0996 e. The molecule has 5 nitrogen and oxygen atoms in total. The van der Waals surface area contributed by atoms with Gasteiger partial charge in [0.25, 0.3) is 0 Å². The van der Waals surface area contributed by atoms with E-state index >= 15 is 0 Å². The summed E-state index contributed by atoms with van der Waals surface area (Å²) in [6, 6.07) is 0. The Balaban J connectivity index is 2.66. The van der Waals surface area contributed by atoms with Crippen molar-refractivity contribution in [1.29, 1.82) is 0 Å². The highest BCUT2D eigenvalue weighted by Gasteiger charge is 2.10. The van der Waals surface area contributed by atoms with Crippen LogP contribution in [0.15, 0.2) is 0 Å². The molecule has 92 valence electrons. The van der Waals surface area contributed by atoms with Crippen LogP contribution in [-0.2, 0) is 24.2 Å². The van der Waals surface area contributed by atoms with E-state index in [9.17, 15) is 0 Å². The summed E-state index contributed by atoms with van der Waals surface area (Å²) in [4.78, 5) is 0. The van der Waals surface area contributed by atoms with E-state index in [4.69, 9.17) is 4.74 Å². The highest BCUT2D eigenvalue weighted by molar-refractivity contribution is 5.10. The predicted octanol–water partition coefficient (Wildman–Crippen LogP) is 0.986. The molecule has 16 heavy (non-hydrogen) atoms. The lowest BCUT2D eigenvalue weighted by Gasteiger charge is -2.06. The first kappa shape index (κ1) is 13.1. The van der Waals surface area contributed by atoms with Gasteiger partial charge in [-0.2, -0.15) is 0 Å². The van der Waals surface area contributed by atoms with Gasteiger partial charge in [-0.05, 0) is 19.9 Å². The first-order valence-electron chi connectivity index (χ1n) is 5.88. The molecule has 0 amide bonds. The van der Waals surface area contributed by atoms with Gasteiger partial charge in [-0.15, -0.1) is 5.10 Å². The van der Waals surface area contributed by atoms with Gasteiger partial charge in [0.05, 0.1) is 11.4 Å². The van der Waals surface area contributed by atoms with Crippen molar-refractivity contribution in [1.82, 2.24) is 20.3 Å². The lowest BCUT2D eigenvalue weighted by Crippen LogP contribution is -2.11. The van der Waals surface area contributed by atoms with Crippen LogP contribution in [0.25, 0.3) is 0 Å². The number of methoxy groups -OCH3 is 1. The van der Waals surface area contributed by atoms with Gasteiger partial charge in [0, 0.05) is 26.8 Å². The molecule has 0 aromatic carbocycles. The van der Waals surface area contributed by atoms with Crippen LogP contribution in [0.2, 0.25) is 0 Å². The van der Waals surface area contributed by atoms with Crippen LogP contribution in [0.4, 0.5) is 0 Å². The second-order valence-electron chi connectivity index (χ2n) is 3.83. The summed E-state index contributed by atoms with van der Waals surface area (Å²) in [6.45, 7) is 4.63. The van der Waals surface area contributed by atoms with Crippen LogP contribution in [-0.4, -0.2) is 35.8 Å². The van der Waals surface area contributed by atoms with E-state index in [1.54, 1.807) is 7.11 Å². The Morgan fingerprint density at radius 1 is 1.44 bits per heavy atom. The normalized spacial score (nSPS) is 10.9. The van der Waals surface area contributed by atoms with Gasteiger partial charge in [0.1, 0.15) is 0 Å². The number of nitrogens with zero attached hydrogens (tertiary/aromatic N) is 3. The Bertz CT molecular complexity index is 298. The molecule has 0 aliphatic carbocycles. The molecule has 1 heterocycles. The van der Waals surface area contributed by atoms with Crippen molar-refractivity contribution in [2.45, 2.75) is 39.3 Å². The van der Waals surface area contributed by atoms with Gasteiger partial charge < -0.3 is 10.1 Å². The molecule has 0 radical (unpaired) electrons. The molecule has 0 fully saturated rings. The molecule has 1 aromatic heterocycles. The van der Waals surface area contributed by atoms with E-state index in [0.29, 0.717) is 0 Å². The smallest absolute Gasteiger partial charge is 0.0996 e. The molecule has 0 aliphatic heterocycles. The lowest BCUT2D eigenvalue weighted by atomic mass is 10.2. The minimum Gasteiger partial charge on any atom is -0.385 e. The SMILES string of the molecule is CCCc1c(CNC)nnn1CCCOC. The average molecular weight is 226 g/mol. The minimum absolute atomic E-state index is 0.771. The average Bonchev–Trinajstić information content (AvgIpc) is 2.64. The van der Waals surface area contributed by atoms with Crippen molar-refractivity contribution in [2.24, 2.45) is 0 Å². The van der Waals surface area contributed by atoms with Gasteiger partial charge in [-0.3, -0.25) is 0 Å². The first-order valence-corrected chi connectivity index (χ1v) is 5.88. The Hall–Kier alpha value is -0.940. The summed E-state index contributed by atoms with van der Waals surface area (Å²) in [5.41, 5.74) is 2.33. The van der Waals surface area contributed by atoms with Crippen LogP contribution < -0.4 is 5.32 Å². The summed E-state index contributed by atoms with van der Waals surface area (Å²) < 4.78 is 7.05. The van der Waals surface area contributed by atoms with Gasteiger partial charge in [0.15, 0.2) is 0 Å². The van der Waals surface area contributed by atoms with Crippen molar-refractivity contribution in [3.63, 3.8) is 0 Å². The van der Waals surface area contributed by atoms with Crippen molar-refractivity contribution in [3.05, 3.63) is 11.4 Å². The topological polar surface area (TPSA) is 52.0 Å². The molecule has 1 rings (SSSR count). The standard InChI is InChI=1S/C11H22N4O/c1-4-6-11-10(9-12-2)13-14-15(11)7-5-8-16-3/h12H,4-9H2,1-3H3. The molecular formula is C11H22N4O. The summed E-state index contributed by atoms with van der Waals surface area (Å²) >= 11 is 0. The van der Waals surface area contributed by atoms with Gasteiger partial charge in [-0.25, -0.2) is 4.68 Å². The third-order valence-electron chi connectivity index (χ3n) is 2.47. The summed E-state index contributed by atoms with van der Waals surface area (Å²) in [7, 11) is 3.65. The van der Waals surface area contributed by atoms with Gasteiger partial charge >= 0.3 is 0 Å². The summed E-state index contributed by atoms with van der Waals surface area (Å²) in [5, 5.41) is 11.5. The molecule has 5 heteroatoms. The highest BCUT2D eigenvalue weighted by atomic mass is 16.5. The summed E-state index contributed by atoms with van der Waals surface area (Å²) in [5.74, 6) is 0. The highest BCUT2D eigenvalue weighted by Crippen LogP contribution is 2.09.